The van der Waals surface area contributed by atoms with Crippen molar-refractivity contribution in [3.8, 4) is 5.75 Å². The van der Waals surface area contributed by atoms with Gasteiger partial charge in [0.1, 0.15) is 23.9 Å². The zero-order valence-corrected chi connectivity index (χ0v) is 21.4. The highest BCUT2D eigenvalue weighted by Crippen LogP contribution is 2.20. The van der Waals surface area contributed by atoms with Crippen LogP contribution in [0, 0.1) is 0 Å². The van der Waals surface area contributed by atoms with Crippen LogP contribution in [0.3, 0.4) is 0 Å². The smallest absolute Gasteiger partial charge is 0.326 e. The van der Waals surface area contributed by atoms with Crippen LogP contribution >= 0.6 is 11.8 Å². The zero-order chi connectivity index (χ0) is 27.5. The lowest BCUT2D eigenvalue weighted by Crippen LogP contribution is -2.57. The summed E-state index contributed by atoms with van der Waals surface area (Å²) in [4.78, 5) is 63.2. The Morgan fingerprint density at radius 3 is 2.35 bits per heavy atom. The van der Waals surface area contributed by atoms with Gasteiger partial charge in [-0.1, -0.05) is 12.1 Å². The number of aliphatic carboxylic acids is 2. The number of aromatic hydroxyl groups is 1. The van der Waals surface area contributed by atoms with Gasteiger partial charge in [-0.25, -0.2) is 4.79 Å². The number of carbonyl (C=O) groups excluding carboxylic acids is 3. The molecule has 1 heterocycles. The molecule has 1 saturated heterocycles. The molecule has 204 valence electrons. The SMILES string of the molecule is CSCCC(N)C(=O)N1CCCC1C(=O)NC(CCC(=O)O)C(=O)NC(Cc1ccc(O)cc1)C(=O)O. The summed E-state index contributed by atoms with van der Waals surface area (Å²) in [6, 6.07) is 1.48. The lowest BCUT2D eigenvalue weighted by molar-refractivity contribution is -0.143. The van der Waals surface area contributed by atoms with E-state index in [-0.39, 0.29) is 24.5 Å². The number of carboxylic acids is 2. The van der Waals surface area contributed by atoms with Crippen molar-refractivity contribution >= 4 is 41.4 Å². The first-order valence-electron chi connectivity index (χ1n) is 11.9. The Kier molecular flexibility index (Phi) is 11.7. The monoisotopic (exact) mass is 538 g/mol. The zero-order valence-electron chi connectivity index (χ0n) is 20.6. The average molecular weight is 539 g/mol. The first-order valence-corrected chi connectivity index (χ1v) is 13.3. The number of phenolic OH excluding ortho intramolecular Hbond substituents is 1. The fourth-order valence-corrected chi connectivity index (χ4v) is 4.52. The summed E-state index contributed by atoms with van der Waals surface area (Å²) in [6.45, 7) is 0.337. The number of phenols is 1. The Hall–Kier alpha value is -3.32. The molecule has 1 aromatic carbocycles. The molecule has 1 aliphatic heterocycles. The molecule has 0 bridgehead atoms. The Morgan fingerprint density at radius 1 is 1.08 bits per heavy atom. The van der Waals surface area contributed by atoms with Gasteiger partial charge in [-0.2, -0.15) is 11.8 Å². The summed E-state index contributed by atoms with van der Waals surface area (Å²) in [5.41, 5.74) is 6.53. The van der Waals surface area contributed by atoms with Gasteiger partial charge in [-0.15, -0.1) is 0 Å². The van der Waals surface area contributed by atoms with Crippen molar-refractivity contribution in [1.29, 1.82) is 0 Å². The van der Waals surface area contributed by atoms with Crippen LogP contribution in [-0.4, -0.2) is 92.6 Å². The van der Waals surface area contributed by atoms with Crippen LogP contribution in [0.2, 0.25) is 0 Å². The highest BCUT2D eigenvalue weighted by atomic mass is 32.2. The van der Waals surface area contributed by atoms with Gasteiger partial charge < -0.3 is 36.6 Å². The van der Waals surface area contributed by atoms with Crippen LogP contribution in [0.25, 0.3) is 0 Å². The Balaban J connectivity index is 2.12. The normalized spacial score (nSPS) is 17.5. The lowest BCUT2D eigenvalue weighted by Gasteiger charge is -2.28. The Bertz CT molecular complexity index is 974. The largest absolute Gasteiger partial charge is 0.508 e. The van der Waals surface area contributed by atoms with E-state index < -0.39 is 54.3 Å². The highest BCUT2D eigenvalue weighted by Gasteiger charge is 2.38. The summed E-state index contributed by atoms with van der Waals surface area (Å²) < 4.78 is 0. The Morgan fingerprint density at radius 2 is 1.76 bits per heavy atom. The van der Waals surface area contributed by atoms with Crippen molar-refractivity contribution in [3.05, 3.63) is 29.8 Å². The maximum atomic E-state index is 13.1. The third-order valence-electron chi connectivity index (χ3n) is 6.06. The van der Waals surface area contributed by atoms with E-state index in [1.165, 1.54) is 29.2 Å². The van der Waals surface area contributed by atoms with Gasteiger partial charge >= 0.3 is 11.9 Å². The van der Waals surface area contributed by atoms with E-state index in [0.717, 1.165) is 0 Å². The molecule has 1 aliphatic rings. The molecule has 0 aliphatic carbocycles. The topological polar surface area (TPSA) is 199 Å². The number of benzene rings is 1. The molecule has 2 rings (SSSR count). The van der Waals surface area contributed by atoms with Crippen molar-refractivity contribution in [2.75, 3.05) is 18.6 Å². The number of amides is 3. The average Bonchev–Trinajstić information content (AvgIpc) is 3.35. The molecule has 7 N–H and O–H groups in total. The van der Waals surface area contributed by atoms with Crippen LogP contribution in [-0.2, 0) is 30.4 Å². The van der Waals surface area contributed by atoms with Gasteiger partial charge in [-0.05, 0) is 55.4 Å². The van der Waals surface area contributed by atoms with E-state index in [2.05, 4.69) is 10.6 Å². The molecular weight excluding hydrogens is 504 g/mol. The van der Waals surface area contributed by atoms with Crippen molar-refractivity contribution < 1.29 is 39.3 Å². The van der Waals surface area contributed by atoms with Crippen LogP contribution in [0.15, 0.2) is 24.3 Å². The fraction of sp³-hybridized carbons (Fsp3) is 0.542. The van der Waals surface area contributed by atoms with Crippen molar-refractivity contribution in [1.82, 2.24) is 15.5 Å². The molecule has 4 unspecified atom stereocenters. The summed E-state index contributed by atoms with van der Waals surface area (Å²) >= 11 is 1.55. The number of hydrogen-bond acceptors (Lipinski definition) is 8. The molecule has 1 fully saturated rings. The van der Waals surface area contributed by atoms with E-state index in [0.29, 0.717) is 37.1 Å². The lowest BCUT2D eigenvalue weighted by atomic mass is 10.0. The number of thioether (sulfide) groups is 1. The maximum Gasteiger partial charge on any atom is 0.326 e. The molecule has 12 nitrogen and oxygen atoms in total. The van der Waals surface area contributed by atoms with Gasteiger partial charge in [0.2, 0.25) is 17.7 Å². The molecule has 3 amide bonds. The highest BCUT2D eigenvalue weighted by molar-refractivity contribution is 7.98. The number of carbonyl (C=O) groups is 5. The summed E-state index contributed by atoms with van der Waals surface area (Å²) in [5, 5.41) is 33.0. The van der Waals surface area contributed by atoms with Gasteiger partial charge in [0, 0.05) is 19.4 Å². The van der Waals surface area contributed by atoms with Gasteiger partial charge in [0.25, 0.3) is 0 Å². The second kappa shape index (κ2) is 14.4. The third-order valence-corrected chi connectivity index (χ3v) is 6.70. The summed E-state index contributed by atoms with van der Waals surface area (Å²) in [7, 11) is 0. The minimum absolute atomic E-state index is 0.000699. The van der Waals surface area contributed by atoms with E-state index in [9.17, 15) is 34.2 Å². The Labute approximate surface area is 219 Å². The quantitative estimate of drug-likeness (QED) is 0.186. The molecule has 13 heteroatoms. The van der Waals surface area contributed by atoms with Gasteiger partial charge in [0.15, 0.2) is 0 Å². The van der Waals surface area contributed by atoms with Crippen molar-refractivity contribution in [2.45, 2.75) is 62.7 Å². The third kappa shape index (κ3) is 9.25. The number of rotatable bonds is 14. The van der Waals surface area contributed by atoms with E-state index >= 15 is 0 Å². The van der Waals surface area contributed by atoms with Gasteiger partial charge in [0.05, 0.1) is 6.04 Å². The molecule has 0 spiro atoms. The minimum atomic E-state index is -1.36. The predicted molar refractivity (Wildman–Crippen MR) is 136 cm³/mol. The predicted octanol–water partition coefficient (Wildman–Crippen LogP) is -0.0749. The first kappa shape index (κ1) is 29.9. The number of likely N-dealkylation sites (tertiary alicyclic amines) is 1. The number of nitrogens with two attached hydrogens (primary N) is 1. The maximum absolute atomic E-state index is 13.1. The fourth-order valence-electron chi connectivity index (χ4n) is 4.03. The van der Waals surface area contributed by atoms with E-state index in [1.807, 2.05) is 6.26 Å². The molecular formula is C24H34N4O8S. The summed E-state index contributed by atoms with van der Waals surface area (Å²) in [6.07, 6.45) is 2.46. The second-order valence-electron chi connectivity index (χ2n) is 8.84. The van der Waals surface area contributed by atoms with Gasteiger partial charge in [-0.3, -0.25) is 19.2 Å². The van der Waals surface area contributed by atoms with Crippen molar-refractivity contribution in [3.63, 3.8) is 0 Å². The summed E-state index contributed by atoms with van der Waals surface area (Å²) in [5.74, 6) is -3.67. The molecule has 0 radical (unpaired) electrons. The van der Waals surface area contributed by atoms with Crippen LogP contribution in [0.5, 0.6) is 5.75 Å². The molecule has 0 aromatic heterocycles. The van der Waals surface area contributed by atoms with Crippen molar-refractivity contribution in [2.24, 2.45) is 5.73 Å². The van der Waals surface area contributed by atoms with Crippen LogP contribution in [0.1, 0.15) is 37.7 Å². The number of nitrogens with zero attached hydrogens (tertiary/aromatic N) is 1. The van der Waals surface area contributed by atoms with E-state index in [4.69, 9.17) is 10.8 Å². The van der Waals surface area contributed by atoms with Crippen LogP contribution < -0.4 is 16.4 Å². The minimum Gasteiger partial charge on any atom is -0.508 e. The molecule has 37 heavy (non-hydrogen) atoms. The molecule has 1 aromatic rings. The number of hydrogen-bond donors (Lipinski definition) is 6. The van der Waals surface area contributed by atoms with Crippen LogP contribution in [0.4, 0.5) is 0 Å². The molecule has 4 atom stereocenters. The van der Waals surface area contributed by atoms with E-state index in [1.54, 1.807) is 11.8 Å². The molecule has 0 saturated carbocycles. The second-order valence-corrected chi connectivity index (χ2v) is 9.83. The first-order chi connectivity index (χ1) is 17.5. The number of carboxylic acid groups (broad SMARTS) is 2. The standard InChI is InChI=1S/C24H34N4O8S/c1-37-12-10-16(25)23(34)28-11-2-3-19(28)22(33)26-17(8-9-20(30)31)21(32)27-18(24(35)36)13-14-4-6-15(29)7-5-14/h4-7,16-19,29H,2-3,8-13,25H2,1H3,(H,26,33)(H,27,32)(H,30,31)(H,35,36). The number of nitrogens with one attached hydrogen (secondary N) is 2.